The van der Waals surface area contributed by atoms with Gasteiger partial charge in [-0.1, -0.05) is 6.07 Å². The van der Waals surface area contributed by atoms with Crippen molar-refractivity contribution in [1.29, 1.82) is 10.5 Å². The maximum atomic E-state index is 14.2. The Balaban J connectivity index is 1.53. The van der Waals surface area contributed by atoms with Crippen LogP contribution < -0.4 is 32.1 Å². The summed E-state index contributed by atoms with van der Waals surface area (Å²) in [5.41, 5.74) is -0.662. The van der Waals surface area contributed by atoms with Crippen LogP contribution in [0.2, 0.25) is 0 Å². The predicted molar refractivity (Wildman–Crippen MR) is 164 cm³/mol. The van der Waals surface area contributed by atoms with Crippen LogP contribution in [0.5, 0.6) is 0 Å². The number of fused-ring (bicyclic) bond motifs is 3. The number of hydrogen-bond acceptors (Lipinski definition) is 11. The van der Waals surface area contributed by atoms with E-state index in [1.807, 2.05) is 25.1 Å². The molecule has 0 aliphatic carbocycles. The van der Waals surface area contributed by atoms with Crippen molar-refractivity contribution in [2.75, 3.05) is 0 Å². The summed E-state index contributed by atoms with van der Waals surface area (Å²) in [7, 11) is 0. The monoisotopic (exact) mass is 686 g/mol. The topological polar surface area (TPSA) is 165 Å². The quantitative estimate of drug-likeness (QED) is 0.184. The smallest absolute Gasteiger partial charge is 0.238 e. The molecule has 0 unspecified atom stereocenters. The van der Waals surface area contributed by atoms with Crippen molar-refractivity contribution in [1.82, 2.24) is 15.0 Å². The molecule has 0 N–H and O–H groups in total. The highest BCUT2D eigenvalue weighted by atomic mass is 19.4. The molecule has 0 amide bonds. The lowest BCUT2D eigenvalue weighted by molar-refractivity contribution is -0.138. The van der Waals surface area contributed by atoms with Gasteiger partial charge in [-0.15, -0.1) is 0 Å². The second kappa shape index (κ2) is 11.7. The first-order valence-electron chi connectivity index (χ1n) is 14.6. The predicted octanol–water partition coefficient (Wildman–Crippen LogP) is 2.88. The van der Waals surface area contributed by atoms with Crippen LogP contribution in [0.15, 0.2) is 83.8 Å². The molecule has 4 aromatic rings. The number of alkyl halides is 3. The minimum atomic E-state index is -5.01. The van der Waals surface area contributed by atoms with Gasteiger partial charge in [-0.2, -0.15) is 23.7 Å². The summed E-state index contributed by atoms with van der Waals surface area (Å²) in [5, 5.41) is 20.8. The molecule has 0 bridgehead atoms. The van der Waals surface area contributed by atoms with E-state index in [1.165, 1.54) is 6.07 Å². The molecule has 0 radical (unpaired) electrons. The molecular formula is C34H15F5N12. The van der Waals surface area contributed by atoms with Crippen LogP contribution in [0.25, 0.3) is 21.7 Å². The van der Waals surface area contributed by atoms with Gasteiger partial charge in [0.1, 0.15) is 40.3 Å². The Kier molecular flexibility index (Phi) is 7.46. The average Bonchev–Trinajstić information content (AvgIpc) is 3.79. The maximum Gasteiger partial charge on any atom is 0.418 e. The maximum absolute atomic E-state index is 14.2. The number of rotatable bonds is 3. The fourth-order valence-corrected chi connectivity index (χ4v) is 5.49. The first-order chi connectivity index (χ1) is 24.3. The molecule has 17 heteroatoms. The minimum absolute atomic E-state index is 0.103. The Bertz CT molecular complexity index is 2810. The van der Waals surface area contributed by atoms with Gasteiger partial charge in [-0.3, -0.25) is 0 Å². The molecule has 12 nitrogen and oxygen atoms in total. The number of benzene rings is 3. The van der Waals surface area contributed by atoms with Gasteiger partial charge >= 0.3 is 6.18 Å². The Labute approximate surface area is 282 Å². The molecule has 0 saturated carbocycles. The first kappa shape index (κ1) is 32.4. The molecule has 7 rings (SSSR count). The second-order valence-electron chi connectivity index (χ2n) is 11.2. The largest absolute Gasteiger partial charge is 0.418 e. The zero-order valence-corrected chi connectivity index (χ0v) is 26.2. The van der Waals surface area contributed by atoms with E-state index in [1.54, 1.807) is 19.9 Å². The van der Waals surface area contributed by atoms with Crippen molar-refractivity contribution in [2.24, 2.45) is 30.0 Å². The molecule has 4 heterocycles. The van der Waals surface area contributed by atoms with Crippen LogP contribution in [-0.4, -0.2) is 15.0 Å². The Hall–Kier alpha value is -7.19. The Morgan fingerprint density at radius 2 is 1.10 bits per heavy atom. The summed E-state index contributed by atoms with van der Waals surface area (Å²) >= 11 is 0. The Morgan fingerprint density at radius 1 is 0.627 bits per heavy atom. The number of nitriles is 2. The molecule has 1 aromatic heterocycles. The fraction of sp³-hybridized carbons (Fsp3) is 0.118. The van der Waals surface area contributed by atoms with Crippen LogP contribution in [0, 0.1) is 61.6 Å². The number of allylic oxidation sites excluding steroid dienone is 2. The van der Waals surface area contributed by atoms with Crippen molar-refractivity contribution in [2.45, 2.75) is 26.9 Å². The van der Waals surface area contributed by atoms with E-state index in [0.717, 1.165) is 23.3 Å². The van der Waals surface area contributed by atoms with Crippen molar-refractivity contribution in [3.63, 3.8) is 0 Å². The third kappa shape index (κ3) is 5.60. The van der Waals surface area contributed by atoms with Crippen LogP contribution in [0.1, 0.15) is 39.7 Å². The highest BCUT2D eigenvalue weighted by Crippen LogP contribution is 2.29. The molecule has 0 spiro atoms. The van der Waals surface area contributed by atoms with Gasteiger partial charge in [-0.25, -0.2) is 58.5 Å². The van der Waals surface area contributed by atoms with E-state index in [9.17, 15) is 32.5 Å². The fourth-order valence-electron chi connectivity index (χ4n) is 5.49. The average molecular weight is 687 g/mol. The van der Waals surface area contributed by atoms with E-state index < -0.39 is 63.1 Å². The van der Waals surface area contributed by atoms with Crippen LogP contribution in [-0.2, 0) is 6.18 Å². The van der Waals surface area contributed by atoms with E-state index in [0.29, 0.717) is 16.3 Å². The summed E-state index contributed by atoms with van der Waals surface area (Å²) in [5.74, 6) is -4.20. The number of hydrogen-bond donors (Lipinski definition) is 0. The molecular weight excluding hydrogens is 671 g/mol. The summed E-state index contributed by atoms with van der Waals surface area (Å²) in [6, 6.07) is 10.8. The normalized spacial score (nSPS) is 16.6. The standard InChI is InChI=1S/C34H15F5N12/c1-13-5-14(2)24-21(6-13)43-28(46-24)18(11-40)30-49-31(19(12-41)29-44-22-9-16(35)7-15(3)25(22)47-29)51-33(50-30)27(42-4)32-45-23-10-17(36)8-20(26(23)48-32)34(37,38)39/h5-10H,1-3H3/b28-18-,29-19-,32-27+. The van der Waals surface area contributed by atoms with Gasteiger partial charge in [0.05, 0.1) is 38.9 Å². The molecule has 3 aliphatic rings. The molecule has 0 fully saturated rings. The molecule has 0 atom stereocenters. The third-order valence-electron chi connectivity index (χ3n) is 7.65. The van der Waals surface area contributed by atoms with Crippen LogP contribution in [0.4, 0.5) is 22.0 Å². The number of aryl methyl sites for hydroxylation is 3. The van der Waals surface area contributed by atoms with Gasteiger partial charge in [0.2, 0.25) is 0 Å². The van der Waals surface area contributed by atoms with Crippen LogP contribution in [0.3, 0.4) is 0 Å². The van der Waals surface area contributed by atoms with Gasteiger partial charge in [0, 0.05) is 12.1 Å². The van der Waals surface area contributed by atoms with Crippen LogP contribution >= 0.6 is 0 Å². The Morgan fingerprint density at radius 3 is 1.65 bits per heavy atom. The SMILES string of the molecule is [C-]#[N+]/C(=C1\N=c2cc(F)cc(C(F)(F)F)c2=N1)c1nc(/C(C#N)=C2/N=c3cc(C)cc(C)c3=N2)nc(/C(C#N)=C2/N=c3cc(F)cc(C)c3=N2)n1. The summed E-state index contributed by atoms with van der Waals surface area (Å²) < 4.78 is 69.8. The zero-order valence-electron chi connectivity index (χ0n) is 26.2. The summed E-state index contributed by atoms with van der Waals surface area (Å²) in [4.78, 5) is 41.7. The lowest BCUT2D eigenvalue weighted by atomic mass is 10.1. The third-order valence-corrected chi connectivity index (χ3v) is 7.65. The van der Waals surface area contributed by atoms with Gasteiger partial charge < -0.3 is 0 Å². The number of aromatic nitrogens is 3. The van der Waals surface area contributed by atoms with E-state index >= 15 is 0 Å². The lowest BCUT2D eigenvalue weighted by Crippen LogP contribution is -2.31. The van der Waals surface area contributed by atoms with Crippen molar-refractivity contribution in [3.8, 4) is 12.1 Å². The molecule has 0 saturated heterocycles. The number of nitrogens with zero attached hydrogens (tertiary/aromatic N) is 12. The molecule has 246 valence electrons. The summed E-state index contributed by atoms with van der Waals surface area (Å²) in [6.07, 6.45) is -5.01. The van der Waals surface area contributed by atoms with Gasteiger partial charge in [0.25, 0.3) is 5.70 Å². The van der Waals surface area contributed by atoms with E-state index in [2.05, 4.69) is 49.8 Å². The molecule has 51 heavy (non-hydrogen) atoms. The second-order valence-corrected chi connectivity index (χ2v) is 11.2. The minimum Gasteiger partial charge on any atom is -0.238 e. The van der Waals surface area contributed by atoms with E-state index in [-0.39, 0.29) is 39.6 Å². The summed E-state index contributed by atoms with van der Waals surface area (Å²) in [6.45, 7) is 13.2. The lowest BCUT2D eigenvalue weighted by Gasteiger charge is -2.07. The van der Waals surface area contributed by atoms with Crippen molar-refractivity contribution < 1.29 is 22.0 Å². The van der Waals surface area contributed by atoms with Gasteiger partial charge in [0.15, 0.2) is 34.9 Å². The van der Waals surface area contributed by atoms with E-state index in [4.69, 9.17) is 6.57 Å². The van der Waals surface area contributed by atoms with Crippen molar-refractivity contribution >= 4 is 16.8 Å². The highest BCUT2D eigenvalue weighted by Gasteiger charge is 2.35. The first-order valence-corrected chi connectivity index (χ1v) is 14.6. The van der Waals surface area contributed by atoms with Gasteiger partial charge in [-0.05, 0) is 55.7 Å². The zero-order chi connectivity index (χ0) is 36.4. The molecule has 3 aromatic carbocycles. The van der Waals surface area contributed by atoms with Crippen molar-refractivity contribution in [3.05, 3.63) is 149 Å². The number of halogens is 5. The molecule has 3 aliphatic heterocycles. The highest BCUT2D eigenvalue weighted by molar-refractivity contribution is 5.80.